The molecule has 3 aromatic rings. The second kappa shape index (κ2) is 12.9. The van der Waals surface area contributed by atoms with Crippen LogP contribution in [0.5, 0.6) is 0 Å². The van der Waals surface area contributed by atoms with Crippen molar-refractivity contribution in [1.29, 1.82) is 0 Å². The molecule has 0 spiro atoms. The Hall–Kier alpha value is -3.59. The molecule has 0 radical (unpaired) electrons. The van der Waals surface area contributed by atoms with E-state index in [2.05, 4.69) is 97.8 Å². The van der Waals surface area contributed by atoms with E-state index >= 15 is 0 Å². The second-order valence-corrected chi connectivity index (χ2v) is 12.0. The van der Waals surface area contributed by atoms with Gasteiger partial charge in [0, 0.05) is 76.3 Å². The van der Waals surface area contributed by atoms with E-state index in [1.165, 1.54) is 42.6 Å². The lowest BCUT2D eigenvalue weighted by Crippen LogP contribution is -2.47. The van der Waals surface area contributed by atoms with Crippen LogP contribution in [0, 0.1) is 5.92 Å². The molecule has 3 fully saturated rings. The highest BCUT2D eigenvalue weighted by Crippen LogP contribution is 2.27. The molecule has 3 saturated heterocycles. The van der Waals surface area contributed by atoms with Crippen molar-refractivity contribution in [2.45, 2.75) is 39.2 Å². The molecule has 6 rings (SSSR count). The number of benzene rings is 2. The maximum absolute atomic E-state index is 5.69. The van der Waals surface area contributed by atoms with Crippen LogP contribution in [0.1, 0.15) is 38.2 Å². The van der Waals surface area contributed by atoms with Crippen LogP contribution in [0.25, 0.3) is 0 Å². The summed E-state index contributed by atoms with van der Waals surface area (Å²) in [6.07, 6.45) is 4.95. The van der Waals surface area contributed by atoms with Crippen molar-refractivity contribution in [3.63, 3.8) is 0 Å². The summed E-state index contributed by atoms with van der Waals surface area (Å²) in [4.78, 5) is 19.5. The Morgan fingerprint density at radius 1 is 0.732 bits per heavy atom. The fraction of sp³-hybridized carbons (Fsp3) is 0.469. The summed E-state index contributed by atoms with van der Waals surface area (Å²) in [6.45, 7) is 11.1. The van der Waals surface area contributed by atoms with E-state index in [1.54, 1.807) is 0 Å². The summed E-state index contributed by atoms with van der Waals surface area (Å²) in [5.41, 5.74) is 3.79. The first-order chi connectivity index (χ1) is 20.1. The topological polar surface area (TPSA) is 62.8 Å². The smallest absolute Gasteiger partial charge is 0.232 e. The van der Waals surface area contributed by atoms with Gasteiger partial charge in [0.15, 0.2) is 5.11 Å². The van der Waals surface area contributed by atoms with E-state index in [0.717, 1.165) is 69.9 Å². The van der Waals surface area contributed by atoms with Crippen LogP contribution in [-0.2, 0) is 6.54 Å². The highest BCUT2D eigenvalue weighted by molar-refractivity contribution is 7.80. The molecule has 41 heavy (non-hydrogen) atoms. The zero-order chi connectivity index (χ0) is 28.0. The molecule has 4 heterocycles. The van der Waals surface area contributed by atoms with Crippen molar-refractivity contribution >= 4 is 46.3 Å². The molecule has 0 amide bonds. The summed E-state index contributed by atoms with van der Waals surface area (Å²) in [7, 11) is 0. The van der Waals surface area contributed by atoms with Crippen molar-refractivity contribution in [3.05, 3.63) is 66.2 Å². The van der Waals surface area contributed by atoms with Gasteiger partial charge in [-0.05, 0) is 73.6 Å². The fourth-order valence-electron chi connectivity index (χ4n) is 6.00. The number of nitrogens with zero attached hydrogens (tertiary/aromatic N) is 6. The number of hydrogen-bond donors (Lipinski definition) is 2. The third-order valence-electron chi connectivity index (χ3n) is 8.62. The molecule has 0 atom stereocenters. The van der Waals surface area contributed by atoms with Gasteiger partial charge in [0.05, 0.1) is 0 Å². The Morgan fingerprint density at radius 3 is 1.95 bits per heavy atom. The van der Waals surface area contributed by atoms with Crippen molar-refractivity contribution in [2.24, 2.45) is 5.92 Å². The number of piperidine rings is 1. The van der Waals surface area contributed by atoms with Gasteiger partial charge in [0.1, 0.15) is 11.6 Å². The Kier molecular flexibility index (Phi) is 8.70. The number of para-hydroxylation sites is 1. The molecule has 8 nitrogen and oxygen atoms in total. The maximum Gasteiger partial charge on any atom is 0.232 e. The van der Waals surface area contributed by atoms with E-state index in [-0.39, 0.29) is 0 Å². The van der Waals surface area contributed by atoms with E-state index in [0.29, 0.717) is 17.6 Å². The van der Waals surface area contributed by atoms with Crippen molar-refractivity contribution in [1.82, 2.24) is 15.3 Å². The van der Waals surface area contributed by atoms with E-state index in [4.69, 9.17) is 22.2 Å². The summed E-state index contributed by atoms with van der Waals surface area (Å²) in [5, 5.41) is 7.19. The van der Waals surface area contributed by atoms with Crippen LogP contribution in [-0.4, -0.2) is 67.4 Å². The number of rotatable bonds is 7. The second-order valence-electron chi connectivity index (χ2n) is 11.6. The molecular formula is C32H42N8S. The van der Waals surface area contributed by atoms with E-state index < -0.39 is 0 Å². The number of thiocarbonyl (C=S) groups is 1. The molecule has 3 aliphatic rings. The number of piperazine rings is 1. The van der Waals surface area contributed by atoms with Gasteiger partial charge in [-0.2, -0.15) is 9.97 Å². The lowest BCUT2D eigenvalue weighted by Gasteiger charge is -2.37. The third kappa shape index (κ3) is 7.01. The Labute approximate surface area is 249 Å². The summed E-state index contributed by atoms with van der Waals surface area (Å²) in [5.74, 6) is 3.26. The number of hydrogen-bond acceptors (Lipinski definition) is 7. The van der Waals surface area contributed by atoms with Gasteiger partial charge >= 0.3 is 0 Å². The lowest BCUT2D eigenvalue weighted by molar-refractivity contribution is 0.436. The Morgan fingerprint density at radius 2 is 1.29 bits per heavy atom. The Balaban J connectivity index is 1.11. The average molecular weight is 571 g/mol. The van der Waals surface area contributed by atoms with Gasteiger partial charge in [-0.25, -0.2) is 0 Å². The van der Waals surface area contributed by atoms with E-state index in [9.17, 15) is 0 Å². The predicted molar refractivity (Wildman–Crippen MR) is 174 cm³/mol. The minimum absolute atomic E-state index is 0.540. The van der Waals surface area contributed by atoms with Gasteiger partial charge in [0.2, 0.25) is 5.95 Å². The summed E-state index contributed by atoms with van der Waals surface area (Å²) >= 11 is 5.69. The molecule has 3 aliphatic heterocycles. The van der Waals surface area contributed by atoms with Gasteiger partial charge in [-0.1, -0.05) is 37.3 Å². The zero-order valence-corrected chi connectivity index (χ0v) is 25.0. The fourth-order valence-corrected chi connectivity index (χ4v) is 6.16. The van der Waals surface area contributed by atoms with Crippen molar-refractivity contribution in [3.8, 4) is 0 Å². The van der Waals surface area contributed by atoms with Crippen LogP contribution in [0.2, 0.25) is 0 Å². The SMILES string of the molecule is CC1CCN(c2cc(N3CCN(c4ccccc4)CC3)nc(NC(=S)NCc3ccc(N4CCCC4)cc3)n2)CC1. The van der Waals surface area contributed by atoms with Gasteiger partial charge in [0.25, 0.3) is 0 Å². The average Bonchev–Trinajstić information content (AvgIpc) is 3.56. The molecule has 216 valence electrons. The van der Waals surface area contributed by atoms with Gasteiger partial charge in [-0.15, -0.1) is 0 Å². The third-order valence-corrected chi connectivity index (χ3v) is 8.86. The molecule has 0 saturated carbocycles. The highest BCUT2D eigenvalue weighted by Gasteiger charge is 2.23. The molecule has 2 aromatic carbocycles. The van der Waals surface area contributed by atoms with Crippen LogP contribution in [0.15, 0.2) is 60.7 Å². The number of anilines is 5. The quantitative estimate of drug-likeness (QED) is 0.377. The minimum Gasteiger partial charge on any atom is -0.372 e. The first-order valence-corrected chi connectivity index (χ1v) is 15.6. The molecule has 9 heteroatoms. The number of nitrogens with one attached hydrogen (secondary N) is 2. The lowest BCUT2D eigenvalue weighted by atomic mass is 9.99. The predicted octanol–water partition coefficient (Wildman–Crippen LogP) is 5.13. The van der Waals surface area contributed by atoms with Crippen LogP contribution >= 0.6 is 12.2 Å². The van der Waals surface area contributed by atoms with Crippen molar-refractivity contribution < 1.29 is 0 Å². The summed E-state index contributed by atoms with van der Waals surface area (Å²) < 4.78 is 0. The minimum atomic E-state index is 0.540. The number of aromatic nitrogens is 2. The van der Waals surface area contributed by atoms with Crippen LogP contribution < -0.4 is 30.2 Å². The molecule has 0 unspecified atom stereocenters. The first-order valence-electron chi connectivity index (χ1n) is 15.2. The Bertz CT molecular complexity index is 1280. The largest absolute Gasteiger partial charge is 0.372 e. The monoisotopic (exact) mass is 570 g/mol. The van der Waals surface area contributed by atoms with E-state index in [1.807, 2.05) is 0 Å². The highest BCUT2D eigenvalue weighted by atomic mass is 32.1. The summed E-state index contributed by atoms with van der Waals surface area (Å²) in [6, 6.07) is 21.6. The zero-order valence-electron chi connectivity index (χ0n) is 24.1. The van der Waals surface area contributed by atoms with Gasteiger partial charge in [-0.3, -0.25) is 0 Å². The standard InChI is InChI=1S/C32H42N8S/c1-25-13-17-39(18-14-25)29-23-30(40-21-19-38(20-22-40)27-7-3-2-4-8-27)35-31(34-29)36-32(41)33-24-26-9-11-28(12-10-26)37-15-5-6-16-37/h2-4,7-12,23,25H,5-6,13-22,24H2,1H3,(H2,33,34,35,36,41). The van der Waals surface area contributed by atoms with Crippen molar-refractivity contribution in [2.75, 3.05) is 77.3 Å². The van der Waals surface area contributed by atoms with Gasteiger partial charge < -0.3 is 30.2 Å². The van der Waals surface area contributed by atoms with Crippen LogP contribution in [0.3, 0.4) is 0 Å². The molecule has 2 N–H and O–H groups in total. The molecular weight excluding hydrogens is 528 g/mol. The first kappa shape index (κ1) is 27.6. The normalized spacial score (nSPS) is 18.1. The molecule has 0 aliphatic carbocycles. The molecule has 0 bridgehead atoms. The molecule has 1 aromatic heterocycles. The van der Waals surface area contributed by atoms with Crippen LogP contribution in [0.4, 0.5) is 29.0 Å². The maximum atomic E-state index is 5.69.